The number of phenols is 1. The highest BCUT2D eigenvalue weighted by Gasteiger charge is 2.36. The summed E-state index contributed by atoms with van der Waals surface area (Å²) < 4.78 is 37.0. The van der Waals surface area contributed by atoms with E-state index in [1.807, 2.05) is 39.8 Å². The first-order valence-electron chi connectivity index (χ1n) is 9.92. The van der Waals surface area contributed by atoms with Crippen molar-refractivity contribution in [2.75, 3.05) is 24.7 Å². The van der Waals surface area contributed by atoms with Crippen molar-refractivity contribution < 1.29 is 27.2 Å². The number of phenolic OH excluding ortho intramolecular Hbond substituents is 1. The van der Waals surface area contributed by atoms with Crippen LogP contribution in [0.5, 0.6) is 5.75 Å². The number of aromatic amines is 1. The number of sulfonamides is 1. The number of halogens is 1. The van der Waals surface area contributed by atoms with Crippen LogP contribution >= 0.6 is 11.6 Å². The predicted octanol–water partition coefficient (Wildman–Crippen LogP) is 3.98. The molecule has 2 aromatic heterocycles. The maximum absolute atomic E-state index is 12.6. The maximum Gasteiger partial charge on any atom is 0.367 e. The van der Waals surface area contributed by atoms with E-state index in [4.69, 9.17) is 20.6 Å². The van der Waals surface area contributed by atoms with Crippen LogP contribution in [0.1, 0.15) is 38.3 Å². The second-order valence-electron chi connectivity index (χ2n) is 8.75. The van der Waals surface area contributed by atoms with Gasteiger partial charge in [0.1, 0.15) is 22.5 Å². The summed E-state index contributed by atoms with van der Waals surface area (Å²) in [5, 5.41) is 18.9. The predicted molar refractivity (Wildman–Crippen MR) is 123 cm³/mol. The fourth-order valence-electron chi connectivity index (χ4n) is 3.15. The highest BCUT2D eigenvalue weighted by atomic mass is 35.5. The Bertz CT molecular complexity index is 1320. The molecule has 4 N–H and O–H groups in total. The van der Waals surface area contributed by atoms with Crippen molar-refractivity contribution in [1.82, 2.24) is 9.46 Å². The number of H-pyrrole nitrogens is 1. The van der Waals surface area contributed by atoms with Crippen LogP contribution in [0.4, 0.5) is 17.3 Å². The van der Waals surface area contributed by atoms with Crippen LogP contribution in [0.3, 0.4) is 0 Å². The van der Waals surface area contributed by atoms with Crippen molar-refractivity contribution in [3.8, 4) is 5.75 Å². The average molecular weight is 501 g/mol. The number of nitrogens with one attached hydrogen (secondary N) is 3. The first kappa shape index (κ1) is 24.7. The van der Waals surface area contributed by atoms with Crippen LogP contribution < -0.4 is 15.2 Å². The molecule has 2 heterocycles. The molecule has 1 aromatic carbocycles. The molecule has 13 heteroatoms. The fraction of sp³-hybridized carbons (Fsp3) is 0.400. The quantitative estimate of drug-likeness (QED) is 0.356. The lowest BCUT2D eigenvalue weighted by atomic mass is 9.85. The molecule has 0 aliphatic carbocycles. The lowest BCUT2D eigenvalue weighted by Crippen LogP contribution is -2.29. The molecule has 11 nitrogen and oxygen atoms in total. The number of furan rings is 1. The number of anilines is 3. The Morgan fingerprint density at radius 3 is 2.42 bits per heavy atom. The van der Waals surface area contributed by atoms with Gasteiger partial charge in [0.25, 0.3) is 5.82 Å². The van der Waals surface area contributed by atoms with E-state index in [2.05, 4.69) is 15.8 Å². The second-order valence-corrected chi connectivity index (χ2v) is 11.2. The Kier molecular flexibility index (Phi) is 6.55. The SMILES string of the molecule is Cc1ccc([C@H](Nc2c(Nc3ccc(Cl)c(S(=O)(=O)N(C)C)c3O)[nH]o[n+]2=O)C(C)(C)C)o1. The van der Waals surface area contributed by atoms with E-state index in [0.29, 0.717) is 11.5 Å². The van der Waals surface area contributed by atoms with Gasteiger partial charge in [0, 0.05) is 19.5 Å². The molecular weight excluding hydrogens is 474 g/mol. The van der Waals surface area contributed by atoms with Gasteiger partial charge in [-0.05, 0) is 36.1 Å². The number of nitrogens with zero attached hydrogens (tertiary/aromatic N) is 2. The molecule has 0 saturated carbocycles. The molecular formula is C20H27ClN5O6S+. The number of hydrogen-bond donors (Lipinski definition) is 4. The van der Waals surface area contributed by atoms with E-state index < -0.39 is 26.7 Å². The normalized spacial score (nSPS) is 13.3. The summed E-state index contributed by atoms with van der Waals surface area (Å²) in [6.07, 6.45) is 0. The van der Waals surface area contributed by atoms with Crippen LogP contribution in [0.15, 0.2) is 38.2 Å². The van der Waals surface area contributed by atoms with Crippen LogP contribution in [-0.4, -0.2) is 37.1 Å². The highest BCUT2D eigenvalue weighted by Crippen LogP contribution is 2.41. The molecule has 0 bridgehead atoms. The zero-order chi connectivity index (χ0) is 24.7. The van der Waals surface area contributed by atoms with Gasteiger partial charge in [-0.2, -0.15) is 0 Å². The molecule has 0 aliphatic rings. The van der Waals surface area contributed by atoms with Gasteiger partial charge in [0.05, 0.1) is 10.7 Å². The third-order valence-electron chi connectivity index (χ3n) is 4.92. The molecule has 0 radical (unpaired) electrons. The van der Waals surface area contributed by atoms with Crippen molar-refractivity contribution in [2.24, 2.45) is 5.41 Å². The first-order valence-corrected chi connectivity index (χ1v) is 11.7. The Morgan fingerprint density at radius 1 is 1.21 bits per heavy atom. The monoisotopic (exact) mass is 500 g/mol. The Hall–Kier alpha value is -2.96. The van der Waals surface area contributed by atoms with Crippen molar-refractivity contribution in [3.05, 3.63) is 45.7 Å². The summed E-state index contributed by atoms with van der Waals surface area (Å²) in [4.78, 5) is 11.9. The lowest BCUT2D eigenvalue weighted by molar-refractivity contribution is -0.701. The minimum Gasteiger partial charge on any atom is -0.504 e. The second kappa shape index (κ2) is 8.76. The van der Waals surface area contributed by atoms with Crippen LogP contribution in [0.25, 0.3) is 0 Å². The molecule has 0 amide bonds. The molecule has 3 aromatic rings. The van der Waals surface area contributed by atoms with Gasteiger partial charge in [-0.15, -0.1) is 4.63 Å². The Morgan fingerprint density at radius 2 is 1.88 bits per heavy atom. The summed E-state index contributed by atoms with van der Waals surface area (Å²) in [5.41, 5.74) is -0.386. The van der Waals surface area contributed by atoms with Gasteiger partial charge in [-0.25, -0.2) is 12.7 Å². The van der Waals surface area contributed by atoms with Crippen molar-refractivity contribution >= 4 is 38.9 Å². The van der Waals surface area contributed by atoms with Gasteiger partial charge in [0.2, 0.25) is 10.0 Å². The van der Waals surface area contributed by atoms with E-state index in [1.165, 1.54) is 26.2 Å². The molecule has 33 heavy (non-hydrogen) atoms. The molecule has 0 aliphatic heterocycles. The number of aryl methyl sites for hydroxylation is 1. The van der Waals surface area contributed by atoms with Crippen LogP contribution in [0.2, 0.25) is 5.02 Å². The Balaban J connectivity index is 2.03. The standard InChI is InChI=1S/C20H26ClN5O6S/c1-11-7-10-14(31-11)17(20(2,3)4)23-19-18(24-32-26(19)28)22-13-9-8-12(21)16(15(13)27)33(29,30)25(5)6/h7-10,17,23H,1-6H3,(H2-,22,24,27,28)/p+1/t17-/m0/s1. The van der Waals surface area contributed by atoms with Gasteiger partial charge in [0.15, 0.2) is 10.3 Å². The molecule has 0 unspecified atom stereocenters. The summed E-state index contributed by atoms with van der Waals surface area (Å²) in [5.74, 6) is 0.738. The third-order valence-corrected chi connectivity index (χ3v) is 7.24. The largest absolute Gasteiger partial charge is 0.504 e. The summed E-state index contributed by atoms with van der Waals surface area (Å²) in [7, 11) is -1.41. The van der Waals surface area contributed by atoms with E-state index in [0.717, 1.165) is 4.31 Å². The summed E-state index contributed by atoms with van der Waals surface area (Å²) in [6, 6.07) is 5.90. The first-order chi connectivity index (χ1) is 15.2. The van der Waals surface area contributed by atoms with Crippen LogP contribution in [-0.2, 0) is 10.0 Å². The molecule has 0 spiro atoms. The maximum atomic E-state index is 12.6. The third kappa shape index (κ3) is 4.87. The van der Waals surface area contributed by atoms with Crippen molar-refractivity contribution in [2.45, 2.75) is 38.6 Å². The smallest absolute Gasteiger partial charge is 0.367 e. The molecule has 1 atom stereocenters. The summed E-state index contributed by atoms with van der Waals surface area (Å²) in [6.45, 7) is 7.73. The molecule has 3 rings (SSSR count). The van der Waals surface area contributed by atoms with Crippen molar-refractivity contribution in [1.29, 1.82) is 0 Å². The zero-order valence-electron chi connectivity index (χ0n) is 19.1. The average Bonchev–Trinajstić information content (AvgIpc) is 3.26. The topological polar surface area (TPSA) is 147 Å². The van der Waals surface area contributed by atoms with Gasteiger partial charge in [-0.3, -0.25) is 5.32 Å². The van der Waals surface area contributed by atoms with Crippen molar-refractivity contribution in [3.63, 3.8) is 0 Å². The number of aromatic hydroxyl groups is 1. The minimum atomic E-state index is -4.05. The zero-order valence-corrected chi connectivity index (χ0v) is 20.6. The lowest BCUT2D eigenvalue weighted by Gasteiger charge is -2.26. The number of benzene rings is 1. The van der Waals surface area contributed by atoms with E-state index in [9.17, 15) is 18.4 Å². The van der Waals surface area contributed by atoms with Gasteiger partial charge < -0.3 is 14.8 Å². The minimum absolute atomic E-state index is 0.0123. The number of aromatic nitrogens is 2. The van der Waals surface area contributed by atoms with Gasteiger partial charge >= 0.3 is 5.82 Å². The molecule has 0 fully saturated rings. The van der Waals surface area contributed by atoms with Gasteiger partial charge in [-0.1, -0.05) is 37.5 Å². The highest BCUT2D eigenvalue weighted by molar-refractivity contribution is 7.89. The van der Waals surface area contributed by atoms with Crippen LogP contribution in [0, 0.1) is 17.2 Å². The number of rotatable bonds is 7. The molecule has 0 saturated heterocycles. The summed E-state index contributed by atoms with van der Waals surface area (Å²) >= 11 is 6.06. The molecule has 180 valence electrons. The fourth-order valence-corrected chi connectivity index (χ4v) is 4.63. The Labute approximate surface area is 195 Å². The van der Waals surface area contributed by atoms with E-state index in [-0.39, 0.29) is 32.4 Å². The van der Waals surface area contributed by atoms with E-state index >= 15 is 0 Å². The van der Waals surface area contributed by atoms with E-state index in [1.54, 1.807) is 0 Å². The number of hydrogen-bond acceptors (Lipinski definition) is 8.